The van der Waals surface area contributed by atoms with Crippen LogP contribution in [0.25, 0.3) is 0 Å². The van der Waals surface area contributed by atoms with Gasteiger partial charge in [-0.25, -0.2) is 0 Å². The third kappa shape index (κ3) is 6.17. The summed E-state index contributed by atoms with van der Waals surface area (Å²) >= 11 is 0. The lowest BCUT2D eigenvalue weighted by atomic mass is 10.1. The summed E-state index contributed by atoms with van der Waals surface area (Å²) in [6, 6.07) is 0.679. The molecule has 0 radical (unpaired) electrons. The van der Waals surface area contributed by atoms with Gasteiger partial charge in [0.2, 0.25) is 0 Å². The Morgan fingerprint density at radius 3 is 2.44 bits per heavy atom. The van der Waals surface area contributed by atoms with Gasteiger partial charge in [0.05, 0.1) is 6.10 Å². The Balaban J connectivity index is 2.23. The van der Waals surface area contributed by atoms with Crippen LogP contribution in [0.1, 0.15) is 52.9 Å². The molecule has 0 amide bonds. The molecule has 1 atom stereocenters. The van der Waals surface area contributed by atoms with E-state index in [0.717, 1.165) is 13.2 Å². The lowest BCUT2D eigenvalue weighted by Gasteiger charge is -2.34. The van der Waals surface area contributed by atoms with Crippen LogP contribution in [0.3, 0.4) is 0 Å². The van der Waals surface area contributed by atoms with E-state index in [1.54, 1.807) is 0 Å². The Bertz CT molecular complexity index is 191. The number of rotatable bonds is 9. The third-order valence-electron chi connectivity index (χ3n) is 3.74. The molecule has 1 unspecified atom stereocenters. The van der Waals surface area contributed by atoms with Gasteiger partial charge in [0.1, 0.15) is 0 Å². The standard InChI is InChI=1S/C15H32N2O/c1-4-7-14(16-10-5-2)13-17-11-8-15(9-12-17)18-6-3/h14-16H,4-13H2,1-3H3. The van der Waals surface area contributed by atoms with E-state index in [0.29, 0.717) is 12.1 Å². The highest BCUT2D eigenvalue weighted by Gasteiger charge is 2.21. The minimum atomic E-state index is 0.513. The van der Waals surface area contributed by atoms with Crippen molar-refractivity contribution >= 4 is 0 Å². The first-order chi connectivity index (χ1) is 8.80. The second kappa shape index (κ2) is 9.76. The van der Waals surface area contributed by atoms with Crippen molar-refractivity contribution in [1.29, 1.82) is 0 Å². The van der Waals surface area contributed by atoms with Crippen LogP contribution in [-0.4, -0.2) is 49.8 Å². The van der Waals surface area contributed by atoms with Gasteiger partial charge in [-0.1, -0.05) is 20.3 Å². The molecule has 3 heteroatoms. The Hall–Kier alpha value is -0.120. The van der Waals surface area contributed by atoms with Gasteiger partial charge >= 0.3 is 0 Å². The largest absolute Gasteiger partial charge is 0.378 e. The number of nitrogens with zero attached hydrogens (tertiary/aromatic N) is 1. The van der Waals surface area contributed by atoms with Crippen molar-refractivity contribution in [3.05, 3.63) is 0 Å². The quantitative estimate of drug-likeness (QED) is 0.686. The Labute approximate surface area is 113 Å². The molecule has 1 N–H and O–H groups in total. The predicted octanol–water partition coefficient (Wildman–Crippen LogP) is 2.66. The first-order valence-corrected chi connectivity index (χ1v) is 7.87. The van der Waals surface area contributed by atoms with Crippen LogP contribution in [0.2, 0.25) is 0 Å². The van der Waals surface area contributed by atoms with Crippen molar-refractivity contribution in [2.24, 2.45) is 0 Å². The van der Waals surface area contributed by atoms with E-state index in [4.69, 9.17) is 4.74 Å². The van der Waals surface area contributed by atoms with E-state index in [9.17, 15) is 0 Å². The maximum Gasteiger partial charge on any atom is 0.0599 e. The average molecular weight is 256 g/mol. The van der Waals surface area contributed by atoms with Crippen LogP contribution >= 0.6 is 0 Å². The molecular formula is C15H32N2O. The van der Waals surface area contributed by atoms with E-state index in [2.05, 4.69) is 31.0 Å². The van der Waals surface area contributed by atoms with Crippen molar-refractivity contribution < 1.29 is 4.74 Å². The van der Waals surface area contributed by atoms with Crippen LogP contribution in [0.5, 0.6) is 0 Å². The minimum Gasteiger partial charge on any atom is -0.378 e. The molecular weight excluding hydrogens is 224 g/mol. The summed E-state index contributed by atoms with van der Waals surface area (Å²) in [4.78, 5) is 2.61. The molecule has 1 fully saturated rings. The summed E-state index contributed by atoms with van der Waals surface area (Å²) in [7, 11) is 0. The number of piperidine rings is 1. The number of hydrogen-bond donors (Lipinski definition) is 1. The van der Waals surface area contributed by atoms with Gasteiger partial charge in [-0.05, 0) is 39.2 Å². The topological polar surface area (TPSA) is 24.5 Å². The molecule has 18 heavy (non-hydrogen) atoms. The smallest absolute Gasteiger partial charge is 0.0599 e. The van der Waals surface area contributed by atoms with Crippen molar-refractivity contribution in [3.63, 3.8) is 0 Å². The zero-order valence-corrected chi connectivity index (χ0v) is 12.6. The third-order valence-corrected chi connectivity index (χ3v) is 3.74. The number of hydrogen-bond acceptors (Lipinski definition) is 3. The van der Waals surface area contributed by atoms with Crippen molar-refractivity contribution in [2.75, 3.05) is 32.8 Å². The molecule has 1 aliphatic heterocycles. The van der Waals surface area contributed by atoms with Crippen molar-refractivity contribution in [3.8, 4) is 0 Å². The van der Waals surface area contributed by atoms with Crippen molar-refractivity contribution in [2.45, 2.75) is 65.0 Å². The molecule has 0 saturated carbocycles. The lowest BCUT2D eigenvalue weighted by molar-refractivity contribution is 0.0122. The van der Waals surface area contributed by atoms with Crippen LogP contribution in [0.15, 0.2) is 0 Å². The predicted molar refractivity (Wildman–Crippen MR) is 78.1 cm³/mol. The fraction of sp³-hybridized carbons (Fsp3) is 1.00. The zero-order valence-electron chi connectivity index (χ0n) is 12.6. The fourth-order valence-electron chi connectivity index (χ4n) is 2.76. The lowest BCUT2D eigenvalue weighted by Crippen LogP contribution is -2.45. The van der Waals surface area contributed by atoms with Gasteiger partial charge in [-0.15, -0.1) is 0 Å². The van der Waals surface area contributed by atoms with Gasteiger partial charge in [-0.2, -0.15) is 0 Å². The minimum absolute atomic E-state index is 0.513. The number of likely N-dealkylation sites (tertiary alicyclic amines) is 1. The first kappa shape index (κ1) is 15.9. The van der Waals surface area contributed by atoms with Crippen LogP contribution in [0.4, 0.5) is 0 Å². The molecule has 1 heterocycles. The maximum atomic E-state index is 5.71. The first-order valence-electron chi connectivity index (χ1n) is 7.87. The van der Waals surface area contributed by atoms with E-state index in [-0.39, 0.29) is 0 Å². The molecule has 0 aromatic carbocycles. The summed E-state index contributed by atoms with van der Waals surface area (Å²) in [5, 5.41) is 3.68. The normalized spacial score (nSPS) is 20.2. The average Bonchev–Trinajstić information content (AvgIpc) is 2.39. The maximum absolute atomic E-state index is 5.71. The Morgan fingerprint density at radius 2 is 1.89 bits per heavy atom. The molecule has 1 aliphatic rings. The van der Waals surface area contributed by atoms with Gasteiger partial charge in [0.25, 0.3) is 0 Å². The molecule has 0 bridgehead atoms. The number of nitrogens with one attached hydrogen (secondary N) is 1. The summed E-state index contributed by atoms with van der Waals surface area (Å²) < 4.78 is 5.71. The van der Waals surface area contributed by atoms with E-state index >= 15 is 0 Å². The van der Waals surface area contributed by atoms with Gasteiger partial charge in [0.15, 0.2) is 0 Å². The molecule has 0 spiro atoms. The van der Waals surface area contributed by atoms with E-state index in [1.165, 1.54) is 51.7 Å². The van der Waals surface area contributed by atoms with Crippen molar-refractivity contribution in [1.82, 2.24) is 10.2 Å². The van der Waals surface area contributed by atoms with Gasteiger partial charge in [-0.3, -0.25) is 0 Å². The van der Waals surface area contributed by atoms with Crippen LogP contribution in [-0.2, 0) is 4.74 Å². The summed E-state index contributed by atoms with van der Waals surface area (Å²) in [5.41, 5.74) is 0. The highest BCUT2D eigenvalue weighted by Crippen LogP contribution is 2.14. The Morgan fingerprint density at radius 1 is 1.17 bits per heavy atom. The fourth-order valence-corrected chi connectivity index (χ4v) is 2.76. The highest BCUT2D eigenvalue weighted by molar-refractivity contribution is 4.77. The molecule has 1 rings (SSSR count). The summed E-state index contributed by atoms with van der Waals surface area (Å²) in [6.07, 6.45) is 6.73. The molecule has 3 nitrogen and oxygen atoms in total. The van der Waals surface area contributed by atoms with Crippen LogP contribution in [0, 0.1) is 0 Å². The SMILES string of the molecule is CCCNC(CCC)CN1CCC(OCC)CC1. The van der Waals surface area contributed by atoms with Crippen LogP contribution < -0.4 is 5.32 Å². The molecule has 108 valence electrons. The van der Waals surface area contributed by atoms with Gasteiger partial charge in [0, 0.05) is 32.3 Å². The number of ether oxygens (including phenoxy) is 1. The molecule has 1 saturated heterocycles. The Kier molecular flexibility index (Phi) is 8.64. The second-order valence-electron chi connectivity index (χ2n) is 5.40. The molecule has 0 aliphatic carbocycles. The molecule has 0 aromatic rings. The molecule has 0 aromatic heterocycles. The van der Waals surface area contributed by atoms with Gasteiger partial charge < -0.3 is 15.0 Å². The monoisotopic (exact) mass is 256 g/mol. The second-order valence-corrected chi connectivity index (χ2v) is 5.40. The summed E-state index contributed by atoms with van der Waals surface area (Å²) in [6.45, 7) is 12.3. The highest BCUT2D eigenvalue weighted by atomic mass is 16.5. The summed E-state index contributed by atoms with van der Waals surface area (Å²) in [5.74, 6) is 0. The van der Waals surface area contributed by atoms with E-state index < -0.39 is 0 Å². The van der Waals surface area contributed by atoms with E-state index in [1.807, 2.05) is 0 Å². The zero-order chi connectivity index (χ0) is 13.2.